The molecule has 2 heterocycles. The van der Waals surface area contributed by atoms with Crippen molar-refractivity contribution in [3.8, 4) is 28.2 Å². The number of thiophene rings is 1. The third-order valence-electron chi connectivity index (χ3n) is 6.30. The molecule has 2 aromatic heterocycles. The largest absolute Gasteiger partial charge is 0.292 e. The number of imidazole rings is 1. The summed E-state index contributed by atoms with van der Waals surface area (Å²) in [7, 11) is 0. The van der Waals surface area contributed by atoms with Crippen molar-refractivity contribution in [1.29, 1.82) is 0 Å². The van der Waals surface area contributed by atoms with Crippen molar-refractivity contribution in [3.63, 3.8) is 0 Å². The third-order valence-corrected chi connectivity index (χ3v) is 7.25. The van der Waals surface area contributed by atoms with E-state index in [1.807, 2.05) is 0 Å². The summed E-state index contributed by atoms with van der Waals surface area (Å²) in [5.74, 6) is 1.51. The van der Waals surface area contributed by atoms with Crippen LogP contribution in [-0.2, 0) is 0 Å². The number of hydrogen-bond donors (Lipinski definition) is 0. The summed E-state index contributed by atoms with van der Waals surface area (Å²) in [5.41, 5.74) is 8.26. The Balaban J connectivity index is 1.53. The van der Waals surface area contributed by atoms with Crippen molar-refractivity contribution in [2.45, 2.75) is 19.8 Å². The normalized spacial score (nSPS) is 11.6. The van der Waals surface area contributed by atoms with Gasteiger partial charge in [0.25, 0.3) is 0 Å². The van der Waals surface area contributed by atoms with E-state index in [4.69, 9.17) is 4.98 Å². The summed E-state index contributed by atoms with van der Waals surface area (Å²) in [5, 5.41) is 3.52. The maximum absolute atomic E-state index is 5.09. The third kappa shape index (κ3) is 3.46. The zero-order valence-electron chi connectivity index (χ0n) is 18.7. The fourth-order valence-electron chi connectivity index (χ4n) is 4.48. The Kier molecular flexibility index (Phi) is 4.85. The Labute approximate surface area is 197 Å². The molecule has 0 bridgehead atoms. The van der Waals surface area contributed by atoms with Crippen LogP contribution >= 0.6 is 11.3 Å². The Morgan fingerprint density at radius 3 is 2.27 bits per heavy atom. The molecule has 0 aliphatic heterocycles. The predicted octanol–water partition coefficient (Wildman–Crippen LogP) is 8.70. The second-order valence-corrected chi connectivity index (χ2v) is 9.64. The molecule has 0 atom stereocenters. The molecule has 0 fully saturated rings. The first kappa shape index (κ1) is 20.0. The quantitative estimate of drug-likeness (QED) is 0.266. The molecule has 2 nitrogen and oxygen atoms in total. The summed E-state index contributed by atoms with van der Waals surface area (Å²) in [6, 6.07) is 34.5. The average Bonchev–Trinajstić information content (AvgIpc) is 3.45. The summed E-state index contributed by atoms with van der Waals surface area (Å²) in [6.45, 7) is 4.49. The standard InChI is InChI=1S/C30H24N2S/c1-20(2)23-14-17-25-26(19-33-29(25)18-23)30-31-27-10-6-7-11-28(27)32(30)24-15-12-22(13-16-24)21-8-4-3-5-9-21/h3-20H,1-2H3. The van der Waals surface area contributed by atoms with Crippen LogP contribution in [-0.4, -0.2) is 9.55 Å². The maximum Gasteiger partial charge on any atom is 0.147 e. The van der Waals surface area contributed by atoms with Crippen LogP contribution in [0.15, 0.2) is 102 Å². The lowest BCUT2D eigenvalue weighted by atomic mass is 10.0. The van der Waals surface area contributed by atoms with Crippen molar-refractivity contribution in [1.82, 2.24) is 9.55 Å². The zero-order valence-corrected chi connectivity index (χ0v) is 19.5. The van der Waals surface area contributed by atoms with Crippen molar-refractivity contribution in [3.05, 3.63) is 108 Å². The number of para-hydroxylation sites is 2. The van der Waals surface area contributed by atoms with Gasteiger partial charge in [0, 0.05) is 26.7 Å². The van der Waals surface area contributed by atoms with Crippen LogP contribution < -0.4 is 0 Å². The fourth-order valence-corrected chi connectivity index (χ4v) is 5.46. The molecular weight excluding hydrogens is 420 g/mol. The van der Waals surface area contributed by atoms with E-state index < -0.39 is 0 Å². The predicted molar refractivity (Wildman–Crippen MR) is 141 cm³/mol. The highest BCUT2D eigenvalue weighted by atomic mass is 32.1. The molecule has 160 valence electrons. The molecule has 0 radical (unpaired) electrons. The first-order chi connectivity index (χ1) is 16.2. The number of benzene rings is 4. The van der Waals surface area contributed by atoms with E-state index in [2.05, 4.69) is 121 Å². The van der Waals surface area contributed by atoms with E-state index >= 15 is 0 Å². The van der Waals surface area contributed by atoms with Gasteiger partial charge in [0.1, 0.15) is 5.82 Å². The molecule has 6 aromatic rings. The molecule has 0 aliphatic rings. The highest BCUT2D eigenvalue weighted by Crippen LogP contribution is 2.38. The molecule has 3 heteroatoms. The first-order valence-corrected chi connectivity index (χ1v) is 12.2. The molecule has 33 heavy (non-hydrogen) atoms. The number of fused-ring (bicyclic) bond motifs is 2. The van der Waals surface area contributed by atoms with Crippen LogP contribution in [0.4, 0.5) is 0 Å². The lowest BCUT2D eigenvalue weighted by Crippen LogP contribution is -1.97. The van der Waals surface area contributed by atoms with Gasteiger partial charge in [-0.3, -0.25) is 4.57 Å². The van der Waals surface area contributed by atoms with E-state index in [0.717, 1.165) is 22.5 Å². The highest BCUT2D eigenvalue weighted by molar-refractivity contribution is 7.17. The molecular formula is C30H24N2S. The van der Waals surface area contributed by atoms with Crippen molar-refractivity contribution in [2.75, 3.05) is 0 Å². The second-order valence-electron chi connectivity index (χ2n) is 8.73. The second kappa shape index (κ2) is 8.02. The van der Waals surface area contributed by atoms with Gasteiger partial charge in [0.15, 0.2) is 0 Å². The number of aromatic nitrogens is 2. The number of hydrogen-bond acceptors (Lipinski definition) is 2. The van der Waals surface area contributed by atoms with Crippen LogP contribution in [0.5, 0.6) is 0 Å². The van der Waals surface area contributed by atoms with Crippen LogP contribution in [0.3, 0.4) is 0 Å². The first-order valence-electron chi connectivity index (χ1n) is 11.3. The van der Waals surface area contributed by atoms with Gasteiger partial charge in [-0.2, -0.15) is 0 Å². The number of rotatable bonds is 4. The van der Waals surface area contributed by atoms with Gasteiger partial charge in [0.05, 0.1) is 11.0 Å². The smallest absolute Gasteiger partial charge is 0.147 e. The molecule has 0 aliphatic carbocycles. The molecule has 0 saturated heterocycles. The van der Waals surface area contributed by atoms with Crippen LogP contribution in [0.25, 0.3) is 49.3 Å². The lowest BCUT2D eigenvalue weighted by molar-refractivity contribution is 0.869. The number of nitrogens with zero attached hydrogens (tertiary/aromatic N) is 2. The Hall–Kier alpha value is -3.69. The molecule has 0 saturated carbocycles. The average molecular weight is 445 g/mol. The Morgan fingerprint density at radius 2 is 1.48 bits per heavy atom. The van der Waals surface area contributed by atoms with E-state index in [-0.39, 0.29) is 0 Å². The highest BCUT2D eigenvalue weighted by Gasteiger charge is 2.18. The van der Waals surface area contributed by atoms with Crippen molar-refractivity contribution >= 4 is 32.5 Å². The maximum atomic E-state index is 5.09. The molecule has 0 amide bonds. The van der Waals surface area contributed by atoms with Crippen LogP contribution in [0, 0.1) is 0 Å². The van der Waals surface area contributed by atoms with E-state index in [1.54, 1.807) is 11.3 Å². The topological polar surface area (TPSA) is 17.8 Å². The van der Waals surface area contributed by atoms with Crippen molar-refractivity contribution in [2.24, 2.45) is 0 Å². The van der Waals surface area contributed by atoms with Crippen molar-refractivity contribution < 1.29 is 0 Å². The Bertz CT molecular complexity index is 1570. The van der Waals surface area contributed by atoms with Crippen LogP contribution in [0.2, 0.25) is 0 Å². The minimum absolute atomic E-state index is 0.521. The summed E-state index contributed by atoms with van der Waals surface area (Å²) in [6.07, 6.45) is 0. The van der Waals surface area contributed by atoms with Crippen LogP contribution in [0.1, 0.15) is 25.3 Å². The summed E-state index contributed by atoms with van der Waals surface area (Å²) < 4.78 is 3.61. The Morgan fingerprint density at radius 1 is 0.758 bits per heavy atom. The monoisotopic (exact) mass is 444 g/mol. The van der Waals surface area contributed by atoms with Gasteiger partial charge < -0.3 is 0 Å². The molecule has 0 unspecified atom stereocenters. The SMILES string of the molecule is CC(C)c1ccc2c(-c3nc4ccccc4n3-c3ccc(-c4ccccc4)cc3)csc2c1. The van der Waals surface area contributed by atoms with E-state index in [1.165, 1.54) is 32.3 Å². The summed E-state index contributed by atoms with van der Waals surface area (Å²) >= 11 is 1.80. The van der Waals surface area contributed by atoms with E-state index in [9.17, 15) is 0 Å². The van der Waals surface area contributed by atoms with Gasteiger partial charge in [-0.15, -0.1) is 11.3 Å². The van der Waals surface area contributed by atoms with E-state index in [0.29, 0.717) is 5.92 Å². The molecule has 0 N–H and O–H groups in total. The molecule has 6 rings (SSSR count). The summed E-state index contributed by atoms with van der Waals surface area (Å²) in [4.78, 5) is 5.09. The van der Waals surface area contributed by atoms with Gasteiger partial charge in [-0.1, -0.05) is 80.6 Å². The minimum atomic E-state index is 0.521. The lowest BCUT2D eigenvalue weighted by Gasteiger charge is -2.11. The molecule has 0 spiro atoms. The molecule has 4 aromatic carbocycles. The fraction of sp³-hybridized carbons (Fsp3) is 0.100. The van der Waals surface area contributed by atoms with Gasteiger partial charge in [0.2, 0.25) is 0 Å². The minimum Gasteiger partial charge on any atom is -0.292 e. The van der Waals surface area contributed by atoms with Gasteiger partial charge in [-0.05, 0) is 52.9 Å². The van der Waals surface area contributed by atoms with Gasteiger partial charge >= 0.3 is 0 Å². The van der Waals surface area contributed by atoms with Gasteiger partial charge in [-0.25, -0.2) is 4.98 Å². The zero-order chi connectivity index (χ0) is 22.4.